The highest BCUT2D eigenvalue weighted by atomic mass is 15.0. The van der Waals surface area contributed by atoms with Crippen LogP contribution in [-0.2, 0) is 10.8 Å². The van der Waals surface area contributed by atoms with Crippen LogP contribution in [0.1, 0.15) is 52.9 Å². The fraction of sp³-hybridized carbons (Fsp3) is 0.571. The van der Waals surface area contributed by atoms with Gasteiger partial charge in [0.05, 0.1) is 17.6 Å². The largest absolute Gasteiger partial charge is 0.245 e. The molecule has 0 amide bonds. The van der Waals surface area contributed by atoms with Gasteiger partial charge in [0, 0.05) is 10.8 Å². The summed E-state index contributed by atoms with van der Waals surface area (Å²) in [7, 11) is 0. The maximum atomic E-state index is 4.73. The molecule has 2 aromatic rings. The van der Waals surface area contributed by atoms with Crippen molar-refractivity contribution in [2.45, 2.75) is 52.4 Å². The van der Waals surface area contributed by atoms with Crippen LogP contribution in [0.3, 0.4) is 0 Å². The van der Waals surface area contributed by atoms with Gasteiger partial charge in [-0.15, -0.1) is 0 Å². The summed E-state index contributed by atoms with van der Waals surface area (Å²) in [5, 5.41) is 0. The quantitative estimate of drug-likeness (QED) is 0.714. The van der Waals surface area contributed by atoms with Gasteiger partial charge in [0.2, 0.25) is 0 Å². The lowest BCUT2D eigenvalue weighted by atomic mass is 9.81. The van der Waals surface area contributed by atoms with Crippen LogP contribution in [0.4, 0.5) is 0 Å². The molecular formula is C14H20N4. The molecule has 0 aliphatic heterocycles. The van der Waals surface area contributed by atoms with Crippen molar-refractivity contribution in [3.05, 3.63) is 23.9 Å². The van der Waals surface area contributed by atoms with E-state index in [2.05, 4.69) is 51.5 Å². The molecule has 0 saturated heterocycles. The summed E-state index contributed by atoms with van der Waals surface area (Å²) in [5.74, 6) is 0. The van der Waals surface area contributed by atoms with Crippen LogP contribution in [0.25, 0.3) is 11.2 Å². The number of hydrogen-bond acceptors (Lipinski definition) is 4. The summed E-state index contributed by atoms with van der Waals surface area (Å²) in [6.45, 7) is 12.9. The maximum Gasteiger partial charge on any atom is 0.181 e. The van der Waals surface area contributed by atoms with Crippen LogP contribution in [0.5, 0.6) is 0 Å². The number of nitrogens with zero attached hydrogens (tertiary/aromatic N) is 4. The van der Waals surface area contributed by atoms with Gasteiger partial charge in [-0.05, 0) is 0 Å². The lowest BCUT2D eigenvalue weighted by Crippen LogP contribution is -2.25. The van der Waals surface area contributed by atoms with E-state index in [1.807, 2.05) is 0 Å². The molecule has 2 heterocycles. The third kappa shape index (κ3) is 2.33. The summed E-state index contributed by atoms with van der Waals surface area (Å²) >= 11 is 0. The summed E-state index contributed by atoms with van der Waals surface area (Å²) in [4.78, 5) is 17.6. The number of hydrogen-bond donors (Lipinski definition) is 0. The SMILES string of the molecule is CC(C)(C)c1nc2cncnc2nc1C(C)(C)C. The summed E-state index contributed by atoms with van der Waals surface area (Å²) < 4.78 is 0. The molecular weight excluding hydrogens is 224 g/mol. The molecule has 0 unspecified atom stereocenters. The topological polar surface area (TPSA) is 51.6 Å². The predicted octanol–water partition coefficient (Wildman–Crippen LogP) is 3.01. The van der Waals surface area contributed by atoms with Crippen LogP contribution in [0.2, 0.25) is 0 Å². The normalized spacial score (nSPS) is 13.0. The zero-order valence-corrected chi connectivity index (χ0v) is 11.9. The Morgan fingerprint density at radius 1 is 0.833 bits per heavy atom. The molecule has 2 rings (SSSR count). The van der Waals surface area contributed by atoms with E-state index < -0.39 is 0 Å². The monoisotopic (exact) mass is 244 g/mol. The van der Waals surface area contributed by atoms with Crippen LogP contribution in [0, 0.1) is 0 Å². The number of aromatic nitrogens is 4. The van der Waals surface area contributed by atoms with E-state index in [1.54, 1.807) is 6.20 Å². The molecule has 0 atom stereocenters. The smallest absolute Gasteiger partial charge is 0.181 e. The molecule has 0 radical (unpaired) electrons. The Bertz CT molecular complexity index is 524. The minimum atomic E-state index is -0.0469. The second-order valence-corrected chi connectivity index (χ2v) is 6.65. The van der Waals surface area contributed by atoms with Crippen LogP contribution in [0.15, 0.2) is 12.5 Å². The molecule has 18 heavy (non-hydrogen) atoms. The van der Waals surface area contributed by atoms with Crippen molar-refractivity contribution in [3.8, 4) is 0 Å². The minimum Gasteiger partial charge on any atom is -0.245 e. The van der Waals surface area contributed by atoms with Gasteiger partial charge in [0.25, 0.3) is 0 Å². The summed E-state index contributed by atoms with van der Waals surface area (Å²) in [6.07, 6.45) is 3.23. The number of fused-ring (bicyclic) bond motifs is 1. The molecule has 0 fully saturated rings. The average molecular weight is 244 g/mol. The van der Waals surface area contributed by atoms with Crippen LogP contribution < -0.4 is 0 Å². The predicted molar refractivity (Wildman–Crippen MR) is 72.5 cm³/mol. The van der Waals surface area contributed by atoms with Gasteiger partial charge in [-0.1, -0.05) is 41.5 Å². The highest BCUT2D eigenvalue weighted by Gasteiger charge is 2.28. The third-order valence-corrected chi connectivity index (χ3v) is 2.77. The molecule has 2 aromatic heterocycles. The molecule has 0 aliphatic carbocycles. The lowest BCUT2D eigenvalue weighted by Gasteiger charge is -2.27. The van der Waals surface area contributed by atoms with Gasteiger partial charge in [-0.25, -0.2) is 19.9 Å². The zero-order valence-electron chi connectivity index (χ0n) is 11.9. The first kappa shape index (κ1) is 12.9. The van der Waals surface area contributed by atoms with Crippen molar-refractivity contribution < 1.29 is 0 Å². The fourth-order valence-corrected chi connectivity index (χ4v) is 1.86. The van der Waals surface area contributed by atoms with Crippen molar-refractivity contribution in [1.82, 2.24) is 19.9 Å². The van der Waals surface area contributed by atoms with Gasteiger partial charge in [0.1, 0.15) is 11.8 Å². The molecule has 96 valence electrons. The average Bonchev–Trinajstić information content (AvgIpc) is 2.25. The Morgan fingerprint density at radius 2 is 1.39 bits per heavy atom. The maximum absolute atomic E-state index is 4.73. The molecule has 0 aromatic carbocycles. The van der Waals surface area contributed by atoms with E-state index in [-0.39, 0.29) is 10.8 Å². The second kappa shape index (κ2) is 3.97. The second-order valence-electron chi connectivity index (χ2n) is 6.65. The van der Waals surface area contributed by atoms with E-state index in [4.69, 9.17) is 9.97 Å². The molecule has 4 heteroatoms. The Morgan fingerprint density at radius 3 is 1.94 bits per heavy atom. The molecule has 0 aliphatic rings. The van der Waals surface area contributed by atoms with E-state index in [1.165, 1.54) is 6.33 Å². The van der Waals surface area contributed by atoms with E-state index in [0.717, 1.165) is 16.9 Å². The number of rotatable bonds is 0. The summed E-state index contributed by atoms with van der Waals surface area (Å²) in [6, 6.07) is 0. The van der Waals surface area contributed by atoms with Crippen molar-refractivity contribution in [2.24, 2.45) is 0 Å². The van der Waals surface area contributed by atoms with E-state index >= 15 is 0 Å². The minimum absolute atomic E-state index is 0.0420. The molecule has 0 N–H and O–H groups in total. The van der Waals surface area contributed by atoms with Gasteiger partial charge >= 0.3 is 0 Å². The molecule has 4 nitrogen and oxygen atoms in total. The van der Waals surface area contributed by atoms with Gasteiger partial charge in [-0.3, -0.25) is 0 Å². The summed E-state index contributed by atoms with van der Waals surface area (Å²) in [5.41, 5.74) is 3.38. The third-order valence-electron chi connectivity index (χ3n) is 2.77. The Balaban J connectivity index is 2.81. The van der Waals surface area contributed by atoms with Crippen LogP contribution >= 0.6 is 0 Å². The van der Waals surface area contributed by atoms with Gasteiger partial charge < -0.3 is 0 Å². The first-order valence-electron chi connectivity index (χ1n) is 6.18. The van der Waals surface area contributed by atoms with Crippen LogP contribution in [-0.4, -0.2) is 19.9 Å². The van der Waals surface area contributed by atoms with Gasteiger partial charge in [0.15, 0.2) is 5.65 Å². The molecule has 0 bridgehead atoms. The van der Waals surface area contributed by atoms with Crippen molar-refractivity contribution in [1.29, 1.82) is 0 Å². The van der Waals surface area contributed by atoms with Crippen molar-refractivity contribution in [3.63, 3.8) is 0 Å². The highest BCUT2D eigenvalue weighted by Crippen LogP contribution is 2.31. The zero-order chi connectivity index (χ0) is 13.6. The fourth-order valence-electron chi connectivity index (χ4n) is 1.86. The first-order chi connectivity index (χ1) is 8.19. The first-order valence-corrected chi connectivity index (χ1v) is 6.18. The van der Waals surface area contributed by atoms with Gasteiger partial charge in [-0.2, -0.15) is 0 Å². The molecule has 0 saturated carbocycles. The Labute approximate surface area is 108 Å². The Hall–Kier alpha value is -1.58. The van der Waals surface area contributed by atoms with E-state index in [9.17, 15) is 0 Å². The van der Waals surface area contributed by atoms with Crippen molar-refractivity contribution in [2.75, 3.05) is 0 Å². The highest BCUT2D eigenvalue weighted by molar-refractivity contribution is 5.68. The van der Waals surface area contributed by atoms with E-state index in [0.29, 0.717) is 5.65 Å². The lowest BCUT2D eigenvalue weighted by molar-refractivity contribution is 0.502. The van der Waals surface area contributed by atoms with Crippen molar-refractivity contribution >= 4 is 11.2 Å². The standard InChI is InChI=1S/C14H20N4/c1-13(2,3)10-11(14(4,5)6)18-12-9(17-10)7-15-8-16-12/h7-8H,1-6H3. The Kier molecular flexibility index (Phi) is 2.84. The molecule has 0 spiro atoms.